The molecular weight excluding hydrogens is 352 g/mol. The Morgan fingerprint density at radius 1 is 1.14 bits per heavy atom. The molecule has 0 aromatic heterocycles. The Morgan fingerprint density at radius 3 is 2.39 bits per heavy atom. The number of aromatic hydroxyl groups is 2. The van der Waals surface area contributed by atoms with Gasteiger partial charge in [0.25, 0.3) is 0 Å². The molecule has 0 aliphatic rings. The fourth-order valence-electron chi connectivity index (χ4n) is 3.15. The first-order chi connectivity index (χ1) is 13.2. The zero-order chi connectivity index (χ0) is 21.3. The number of aromatic carboxylic acids is 1. The summed E-state index contributed by atoms with van der Waals surface area (Å²) in [5.74, 6) is -0.969. The van der Waals surface area contributed by atoms with Crippen LogP contribution in [0.3, 0.4) is 0 Å². The van der Waals surface area contributed by atoms with Crippen LogP contribution in [0.2, 0.25) is 0 Å². The second-order valence-corrected chi connectivity index (χ2v) is 8.04. The van der Waals surface area contributed by atoms with Crippen LogP contribution >= 0.6 is 0 Å². The van der Waals surface area contributed by atoms with E-state index in [0.717, 1.165) is 37.7 Å². The SMILES string of the molecule is CCC(C)CCCc1cc(C(=O)O)c(C/C=C(\C)CCC=C(C)C)c(O)c1O. The molecule has 0 aliphatic heterocycles. The fraction of sp³-hybridized carbons (Fsp3) is 0.542. The zero-order valence-electron chi connectivity index (χ0n) is 18.0. The molecule has 1 aromatic carbocycles. The molecule has 0 bridgehead atoms. The summed E-state index contributed by atoms with van der Waals surface area (Å²) in [7, 11) is 0. The van der Waals surface area contributed by atoms with Crippen LogP contribution in [0.5, 0.6) is 11.5 Å². The maximum atomic E-state index is 11.7. The number of carboxylic acids is 1. The number of carboxylic acid groups (broad SMARTS) is 1. The van der Waals surface area contributed by atoms with E-state index in [4.69, 9.17) is 0 Å². The number of rotatable bonds is 11. The van der Waals surface area contributed by atoms with Crippen LogP contribution in [-0.2, 0) is 12.8 Å². The van der Waals surface area contributed by atoms with Crippen molar-refractivity contribution >= 4 is 5.97 Å². The van der Waals surface area contributed by atoms with Gasteiger partial charge in [-0.2, -0.15) is 0 Å². The van der Waals surface area contributed by atoms with Gasteiger partial charge in [-0.25, -0.2) is 4.79 Å². The molecule has 1 unspecified atom stereocenters. The number of aryl methyl sites for hydroxylation is 1. The smallest absolute Gasteiger partial charge is 0.336 e. The summed E-state index contributed by atoms with van der Waals surface area (Å²) in [6.07, 6.45) is 9.71. The van der Waals surface area contributed by atoms with Crippen molar-refractivity contribution in [2.45, 2.75) is 79.6 Å². The molecule has 0 amide bonds. The van der Waals surface area contributed by atoms with E-state index in [1.165, 1.54) is 11.6 Å². The lowest BCUT2D eigenvalue weighted by Gasteiger charge is -2.14. The minimum absolute atomic E-state index is 0.0715. The standard InChI is InChI=1S/C24H36O4/c1-6-17(4)10-8-12-19-15-21(24(27)28)20(23(26)22(19)25)14-13-18(5)11-7-9-16(2)3/h9,13,15,17,25-26H,6-8,10-12,14H2,1-5H3,(H,27,28)/b18-13+. The molecular formula is C24H36O4. The Morgan fingerprint density at radius 2 is 1.82 bits per heavy atom. The molecule has 1 rings (SSSR count). The van der Waals surface area contributed by atoms with Gasteiger partial charge in [-0.1, -0.05) is 50.0 Å². The van der Waals surface area contributed by atoms with E-state index in [9.17, 15) is 20.1 Å². The van der Waals surface area contributed by atoms with Crippen molar-refractivity contribution in [2.75, 3.05) is 0 Å². The molecule has 0 radical (unpaired) electrons. The molecule has 0 aliphatic carbocycles. The minimum Gasteiger partial charge on any atom is -0.504 e. The lowest BCUT2D eigenvalue weighted by atomic mass is 9.93. The molecule has 0 heterocycles. The highest BCUT2D eigenvalue weighted by atomic mass is 16.4. The van der Waals surface area contributed by atoms with Crippen molar-refractivity contribution < 1.29 is 20.1 Å². The third-order valence-electron chi connectivity index (χ3n) is 5.27. The molecule has 4 heteroatoms. The Hall–Kier alpha value is -2.23. The molecule has 1 atom stereocenters. The maximum absolute atomic E-state index is 11.7. The Bertz CT molecular complexity index is 725. The molecule has 0 fully saturated rings. The van der Waals surface area contributed by atoms with Crippen molar-refractivity contribution in [3.05, 3.63) is 46.1 Å². The largest absolute Gasteiger partial charge is 0.504 e. The first-order valence-corrected chi connectivity index (χ1v) is 10.3. The summed E-state index contributed by atoms with van der Waals surface area (Å²) in [4.78, 5) is 11.7. The van der Waals surface area contributed by atoms with Crippen LogP contribution in [0.1, 0.15) is 88.2 Å². The van der Waals surface area contributed by atoms with Gasteiger partial charge in [0, 0.05) is 5.56 Å². The summed E-state index contributed by atoms with van der Waals surface area (Å²) >= 11 is 0. The first kappa shape index (κ1) is 23.8. The fourth-order valence-corrected chi connectivity index (χ4v) is 3.15. The number of allylic oxidation sites excluding steroid dienone is 4. The first-order valence-electron chi connectivity index (χ1n) is 10.3. The van der Waals surface area contributed by atoms with E-state index in [1.54, 1.807) is 0 Å². The van der Waals surface area contributed by atoms with Gasteiger partial charge in [-0.05, 0) is 70.4 Å². The van der Waals surface area contributed by atoms with Crippen LogP contribution in [0.15, 0.2) is 29.4 Å². The van der Waals surface area contributed by atoms with E-state index in [2.05, 4.69) is 33.8 Å². The molecule has 0 saturated heterocycles. The lowest BCUT2D eigenvalue weighted by Crippen LogP contribution is -2.05. The van der Waals surface area contributed by atoms with Gasteiger partial charge >= 0.3 is 5.97 Å². The molecule has 28 heavy (non-hydrogen) atoms. The number of hydrogen-bond acceptors (Lipinski definition) is 3. The quantitative estimate of drug-likeness (QED) is 0.303. The predicted molar refractivity (Wildman–Crippen MR) is 115 cm³/mol. The van der Waals surface area contributed by atoms with E-state index in [0.29, 0.717) is 17.9 Å². The summed E-state index contributed by atoms with van der Waals surface area (Å²) in [6, 6.07) is 1.52. The molecule has 4 nitrogen and oxygen atoms in total. The normalized spacial score (nSPS) is 12.7. The van der Waals surface area contributed by atoms with Gasteiger partial charge < -0.3 is 15.3 Å². The lowest BCUT2D eigenvalue weighted by molar-refractivity contribution is 0.0695. The van der Waals surface area contributed by atoms with Gasteiger partial charge in [0.05, 0.1) is 5.56 Å². The average Bonchev–Trinajstić information content (AvgIpc) is 2.63. The maximum Gasteiger partial charge on any atom is 0.336 e. The average molecular weight is 389 g/mol. The monoisotopic (exact) mass is 388 g/mol. The van der Waals surface area contributed by atoms with Crippen molar-refractivity contribution in [2.24, 2.45) is 5.92 Å². The summed E-state index contributed by atoms with van der Waals surface area (Å²) in [5, 5.41) is 30.5. The van der Waals surface area contributed by atoms with Crippen molar-refractivity contribution in [3.63, 3.8) is 0 Å². The number of phenols is 2. The van der Waals surface area contributed by atoms with Crippen LogP contribution in [0, 0.1) is 5.92 Å². The van der Waals surface area contributed by atoms with E-state index < -0.39 is 5.97 Å². The number of benzene rings is 1. The summed E-state index contributed by atoms with van der Waals surface area (Å²) in [5.41, 5.74) is 3.25. The van der Waals surface area contributed by atoms with E-state index >= 15 is 0 Å². The summed E-state index contributed by atoms with van der Waals surface area (Å²) < 4.78 is 0. The molecule has 3 N–H and O–H groups in total. The second kappa shape index (κ2) is 11.6. The number of phenolic OH excluding ortho intramolecular Hbond substituents is 2. The third-order valence-corrected chi connectivity index (χ3v) is 5.27. The number of hydrogen-bond donors (Lipinski definition) is 3. The second-order valence-electron chi connectivity index (χ2n) is 8.04. The highest BCUT2D eigenvalue weighted by Crippen LogP contribution is 2.37. The Balaban J connectivity index is 3.01. The van der Waals surface area contributed by atoms with Crippen LogP contribution in [-0.4, -0.2) is 21.3 Å². The van der Waals surface area contributed by atoms with E-state index in [1.807, 2.05) is 13.0 Å². The number of carbonyl (C=O) groups is 1. The Kier molecular flexibility index (Phi) is 9.84. The third kappa shape index (κ3) is 7.41. The predicted octanol–water partition coefficient (Wildman–Crippen LogP) is 6.40. The van der Waals surface area contributed by atoms with Crippen LogP contribution < -0.4 is 0 Å². The zero-order valence-corrected chi connectivity index (χ0v) is 18.0. The van der Waals surface area contributed by atoms with Gasteiger partial charge in [0.15, 0.2) is 11.5 Å². The van der Waals surface area contributed by atoms with Crippen molar-refractivity contribution in [1.29, 1.82) is 0 Å². The van der Waals surface area contributed by atoms with Gasteiger partial charge in [-0.15, -0.1) is 0 Å². The van der Waals surface area contributed by atoms with Crippen molar-refractivity contribution in [3.8, 4) is 11.5 Å². The Labute approximate surface area is 169 Å². The van der Waals surface area contributed by atoms with Gasteiger partial charge in [0.1, 0.15) is 0 Å². The molecule has 1 aromatic rings. The van der Waals surface area contributed by atoms with Crippen molar-refractivity contribution in [1.82, 2.24) is 0 Å². The molecule has 156 valence electrons. The minimum atomic E-state index is -1.08. The van der Waals surface area contributed by atoms with Gasteiger partial charge in [-0.3, -0.25) is 0 Å². The van der Waals surface area contributed by atoms with Crippen LogP contribution in [0.4, 0.5) is 0 Å². The topological polar surface area (TPSA) is 77.8 Å². The van der Waals surface area contributed by atoms with Crippen LogP contribution in [0.25, 0.3) is 0 Å². The molecule has 0 saturated carbocycles. The van der Waals surface area contributed by atoms with E-state index in [-0.39, 0.29) is 29.0 Å². The highest BCUT2D eigenvalue weighted by Gasteiger charge is 2.20. The molecule has 0 spiro atoms. The summed E-state index contributed by atoms with van der Waals surface area (Å²) in [6.45, 7) is 10.4. The highest BCUT2D eigenvalue weighted by molar-refractivity contribution is 5.91. The van der Waals surface area contributed by atoms with Gasteiger partial charge in [0.2, 0.25) is 0 Å².